The fraction of sp³-hybridized carbons (Fsp3) is 0.500. The zero-order chi connectivity index (χ0) is 13.0. The highest BCUT2D eigenvalue weighted by Crippen LogP contribution is 2.25. The number of thiol groups is 1. The van der Waals surface area contributed by atoms with Crippen molar-refractivity contribution < 1.29 is 9.90 Å². The summed E-state index contributed by atoms with van der Waals surface area (Å²) in [7, 11) is 0. The number of carbonyl (C=O) groups excluding carboxylic acids is 1. The minimum Gasteiger partial charge on any atom is -0.396 e. The van der Waals surface area contributed by atoms with Crippen molar-refractivity contribution in [3.63, 3.8) is 0 Å². The van der Waals surface area contributed by atoms with E-state index in [0.717, 1.165) is 37.1 Å². The van der Waals surface area contributed by atoms with E-state index in [1.165, 1.54) is 0 Å². The normalized spacial score (nSPS) is 19.2. The Morgan fingerprint density at radius 1 is 1.44 bits per heavy atom. The van der Waals surface area contributed by atoms with Gasteiger partial charge < -0.3 is 10.0 Å². The molecule has 4 heteroatoms. The molecule has 3 nitrogen and oxygen atoms in total. The molecule has 1 aliphatic heterocycles. The molecule has 0 bridgehead atoms. The van der Waals surface area contributed by atoms with Crippen LogP contribution in [0.25, 0.3) is 0 Å². The highest BCUT2D eigenvalue weighted by molar-refractivity contribution is 7.80. The van der Waals surface area contributed by atoms with E-state index in [4.69, 9.17) is 5.11 Å². The molecule has 0 aromatic heterocycles. The third-order valence-corrected chi connectivity index (χ3v) is 3.86. The lowest BCUT2D eigenvalue weighted by Gasteiger charge is -2.25. The van der Waals surface area contributed by atoms with Crippen LogP contribution >= 0.6 is 12.6 Å². The first kappa shape index (κ1) is 13.4. The van der Waals surface area contributed by atoms with Gasteiger partial charge in [0.2, 0.25) is 0 Å². The van der Waals surface area contributed by atoms with Crippen LogP contribution in [0.1, 0.15) is 36.0 Å². The van der Waals surface area contributed by atoms with Gasteiger partial charge in [0.1, 0.15) is 0 Å². The number of benzene rings is 1. The minimum absolute atomic E-state index is 0.0704. The van der Waals surface area contributed by atoms with Crippen LogP contribution in [0.15, 0.2) is 29.2 Å². The zero-order valence-electron chi connectivity index (χ0n) is 10.4. The fourth-order valence-electron chi connectivity index (χ4n) is 2.54. The Bertz CT molecular complexity index is 422. The second-order valence-electron chi connectivity index (χ2n) is 4.68. The SMILES string of the molecule is O=C(c1ccccc1S)N1CCCC1CCCO. The van der Waals surface area contributed by atoms with Gasteiger partial charge in [-0.1, -0.05) is 12.1 Å². The van der Waals surface area contributed by atoms with Gasteiger partial charge in [0.05, 0.1) is 5.56 Å². The number of likely N-dealkylation sites (tertiary alicyclic amines) is 1. The molecule has 98 valence electrons. The standard InChI is InChI=1S/C14H19NO2S/c16-10-4-6-11-5-3-9-15(11)14(17)12-7-1-2-8-13(12)18/h1-2,7-8,11,16,18H,3-6,9-10H2. The molecule has 1 unspecified atom stereocenters. The molecule has 1 aromatic rings. The summed E-state index contributed by atoms with van der Waals surface area (Å²) in [6, 6.07) is 7.69. The molecule has 0 aliphatic carbocycles. The smallest absolute Gasteiger partial charge is 0.255 e. The first-order valence-corrected chi connectivity index (χ1v) is 6.88. The van der Waals surface area contributed by atoms with Gasteiger partial charge in [-0.2, -0.15) is 0 Å². The van der Waals surface area contributed by atoms with Crippen LogP contribution in [0.2, 0.25) is 0 Å². The third-order valence-electron chi connectivity index (χ3n) is 3.47. The van der Waals surface area contributed by atoms with Gasteiger partial charge in [-0.15, -0.1) is 12.6 Å². The lowest BCUT2D eigenvalue weighted by atomic mass is 10.1. The zero-order valence-corrected chi connectivity index (χ0v) is 11.3. The highest BCUT2D eigenvalue weighted by atomic mass is 32.1. The number of hydrogen-bond acceptors (Lipinski definition) is 3. The molecule has 1 fully saturated rings. The Kier molecular flexibility index (Phi) is 4.66. The number of amides is 1. The van der Waals surface area contributed by atoms with Crippen LogP contribution in [0.5, 0.6) is 0 Å². The van der Waals surface area contributed by atoms with Crippen LogP contribution in [0, 0.1) is 0 Å². The van der Waals surface area contributed by atoms with Gasteiger partial charge in [0.25, 0.3) is 5.91 Å². The van der Waals surface area contributed by atoms with Crippen molar-refractivity contribution in [2.75, 3.05) is 13.2 Å². The average Bonchev–Trinajstić information content (AvgIpc) is 2.84. The summed E-state index contributed by atoms with van der Waals surface area (Å²) in [5, 5.41) is 8.90. The van der Waals surface area contributed by atoms with Crippen molar-refractivity contribution in [1.29, 1.82) is 0 Å². The first-order chi connectivity index (χ1) is 8.74. The molecule has 1 N–H and O–H groups in total. The van der Waals surface area contributed by atoms with Crippen molar-refractivity contribution in [1.82, 2.24) is 4.90 Å². The number of hydrogen-bond donors (Lipinski definition) is 2. The summed E-state index contributed by atoms with van der Waals surface area (Å²) < 4.78 is 0. The van der Waals surface area contributed by atoms with E-state index in [1.807, 2.05) is 29.2 Å². The van der Waals surface area contributed by atoms with Crippen molar-refractivity contribution >= 4 is 18.5 Å². The topological polar surface area (TPSA) is 40.5 Å². The van der Waals surface area contributed by atoms with Crippen molar-refractivity contribution in [2.45, 2.75) is 36.6 Å². The van der Waals surface area contributed by atoms with E-state index < -0.39 is 0 Å². The maximum atomic E-state index is 12.5. The van der Waals surface area contributed by atoms with Crippen LogP contribution < -0.4 is 0 Å². The maximum Gasteiger partial charge on any atom is 0.255 e. The van der Waals surface area contributed by atoms with Gasteiger partial charge >= 0.3 is 0 Å². The molecule has 1 aromatic carbocycles. The number of nitrogens with zero attached hydrogens (tertiary/aromatic N) is 1. The summed E-state index contributed by atoms with van der Waals surface area (Å²) in [4.78, 5) is 15.1. The molecule has 0 radical (unpaired) electrons. The molecular formula is C14H19NO2S. The largest absolute Gasteiger partial charge is 0.396 e. The van der Waals surface area contributed by atoms with Crippen LogP contribution in [0.4, 0.5) is 0 Å². The third kappa shape index (κ3) is 2.87. The first-order valence-electron chi connectivity index (χ1n) is 6.44. The van der Waals surface area contributed by atoms with Crippen molar-refractivity contribution in [2.24, 2.45) is 0 Å². The molecule has 1 amide bonds. The Hall–Kier alpha value is -1.00. The summed E-state index contributed by atoms with van der Waals surface area (Å²) in [6.07, 6.45) is 3.74. The summed E-state index contributed by atoms with van der Waals surface area (Å²) in [5.41, 5.74) is 0.678. The van der Waals surface area contributed by atoms with Crippen LogP contribution in [0.3, 0.4) is 0 Å². The van der Waals surface area contributed by atoms with E-state index in [0.29, 0.717) is 5.56 Å². The number of aliphatic hydroxyl groups excluding tert-OH is 1. The second kappa shape index (κ2) is 6.25. The van der Waals surface area contributed by atoms with E-state index >= 15 is 0 Å². The molecule has 0 spiro atoms. The van der Waals surface area contributed by atoms with Crippen LogP contribution in [-0.2, 0) is 0 Å². The molecule has 1 aliphatic rings. The van der Waals surface area contributed by atoms with E-state index in [-0.39, 0.29) is 18.6 Å². The molecule has 0 saturated carbocycles. The van der Waals surface area contributed by atoms with Gasteiger partial charge in [-0.3, -0.25) is 4.79 Å². The summed E-state index contributed by atoms with van der Waals surface area (Å²) in [6.45, 7) is 1.01. The average molecular weight is 265 g/mol. The monoisotopic (exact) mass is 265 g/mol. The summed E-state index contributed by atoms with van der Waals surface area (Å²) in [5.74, 6) is 0.0704. The van der Waals surface area contributed by atoms with E-state index in [2.05, 4.69) is 12.6 Å². The van der Waals surface area contributed by atoms with Crippen molar-refractivity contribution in [3.05, 3.63) is 29.8 Å². The fourth-order valence-corrected chi connectivity index (χ4v) is 2.80. The molecule has 1 heterocycles. The molecule has 1 atom stereocenters. The summed E-state index contributed by atoms with van der Waals surface area (Å²) >= 11 is 4.34. The van der Waals surface area contributed by atoms with Gasteiger partial charge in [0.15, 0.2) is 0 Å². The Balaban J connectivity index is 2.10. The Labute approximate surface area is 113 Å². The number of aliphatic hydroxyl groups is 1. The molecular weight excluding hydrogens is 246 g/mol. The Morgan fingerprint density at radius 3 is 2.94 bits per heavy atom. The molecule has 2 rings (SSSR count). The van der Waals surface area contributed by atoms with Crippen LogP contribution in [-0.4, -0.2) is 35.1 Å². The highest BCUT2D eigenvalue weighted by Gasteiger charge is 2.29. The Morgan fingerprint density at radius 2 is 2.22 bits per heavy atom. The quantitative estimate of drug-likeness (QED) is 0.820. The van der Waals surface area contributed by atoms with Gasteiger partial charge in [-0.05, 0) is 37.8 Å². The minimum atomic E-state index is 0.0704. The predicted octanol–water partition coefficient (Wildman–Crippen LogP) is 2.35. The molecule has 1 saturated heterocycles. The number of carbonyl (C=O) groups is 1. The lowest BCUT2D eigenvalue weighted by Crippen LogP contribution is -2.35. The predicted molar refractivity (Wildman–Crippen MR) is 74.1 cm³/mol. The number of rotatable bonds is 4. The lowest BCUT2D eigenvalue weighted by molar-refractivity contribution is 0.0721. The van der Waals surface area contributed by atoms with Gasteiger partial charge in [0, 0.05) is 24.1 Å². The van der Waals surface area contributed by atoms with Gasteiger partial charge in [-0.25, -0.2) is 0 Å². The van der Waals surface area contributed by atoms with E-state index in [1.54, 1.807) is 0 Å². The van der Waals surface area contributed by atoms with E-state index in [9.17, 15) is 4.79 Å². The molecule has 18 heavy (non-hydrogen) atoms. The maximum absolute atomic E-state index is 12.5. The van der Waals surface area contributed by atoms with Crippen molar-refractivity contribution in [3.8, 4) is 0 Å². The second-order valence-corrected chi connectivity index (χ2v) is 5.16.